The molecule has 29 heavy (non-hydrogen) atoms. The molecule has 0 aliphatic rings. The van der Waals surface area contributed by atoms with Crippen LogP contribution in [0.5, 0.6) is 0 Å². The summed E-state index contributed by atoms with van der Waals surface area (Å²) in [6, 6.07) is 0. The van der Waals surface area contributed by atoms with E-state index in [1.54, 1.807) is 0 Å². The molecule has 0 aromatic carbocycles. The zero-order valence-electron chi connectivity index (χ0n) is 14.6. The second kappa shape index (κ2) is 8.36. The molecular weight excluding hydrogens is 447 g/mol. The minimum absolute atomic E-state index is 0.000616. The first-order valence-electron chi connectivity index (χ1n) is 7.65. The quantitative estimate of drug-likeness (QED) is 0.290. The molecule has 0 saturated carbocycles. The smallest absolute Gasteiger partial charge is 0.395 e. The first-order valence-corrected chi connectivity index (χ1v) is 7.65. The number of carbonyl (C=O) groups excluding carboxylic acids is 1. The van der Waals surface area contributed by atoms with Gasteiger partial charge >= 0.3 is 41.8 Å². The molecule has 0 aliphatic carbocycles. The van der Waals surface area contributed by atoms with Crippen molar-refractivity contribution in [3.05, 3.63) is 0 Å². The van der Waals surface area contributed by atoms with Gasteiger partial charge in [0.1, 0.15) is 6.42 Å². The van der Waals surface area contributed by atoms with Crippen molar-refractivity contribution < 1.29 is 66.6 Å². The van der Waals surface area contributed by atoms with Crippen LogP contribution in [-0.2, 0) is 9.53 Å². The highest BCUT2D eigenvalue weighted by atomic mass is 19.4. The zero-order chi connectivity index (χ0) is 23.7. The zero-order valence-corrected chi connectivity index (χ0v) is 14.6. The van der Waals surface area contributed by atoms with Crippen molar-refractivity contribution in [1.82, 2.24) is 0 Å². The third-order valence-electron chi connectivity index (χ3n) is 3.73. The Morgan fingerprint density at radius 3 is 1.52 bits per heavy atom. The van der Waals surface area contributed by atoms with Gasteiger partial charge in [-0.1, -0.05) is 13.8 Å². The molecule has 0 saturated heterocycles. The Morgan fingerprint density at radius 1 is 0.724 bits per heavy atom. The van der Waals surface area contributed by atoms with Crippen LogP contribution < -0.4 is 0 Å². The fraction of sp³-hybridized carbons (Fsp3) is 0.929. The molecule has 0 bridgehead atoms. The summed E-state index contributed by atoms with van der Waals surface area (Å²) in [7, 11) is 0. The number of rotatable bonds is 10. The number of hydrogen-bond donors (Lipinski definition) is 0. The monoisotopic (exact) mass is 462 g/mol. The van der Waals surface area contributed by atoms with Crippen LogP contribution in [0.4, 0.5) is 57.1 Å². The van der Waals surface area contributed by atoms with Gasteiger partial charge in [-0.3, -0.25) is 4.79 Å². The predicted octanol–water partition coefficient (Wildman–Crippen LogP) is 6.09. The van der Waals surface area contributed by atoms with E-state index in [0.29, 0.717) is 0 Å². The highest BCUT2D eigenvalue weighted by Gasteiger charge is 2.76. The molecule has 0 aromatic rings. The Kier molecular flexibility index (Phi) is 7.94. The second-order valence-electron chi connectivity index (χ2n) is 6.28. The lowest BCUT2D eigenvalue weighted by molar-refractivity contribution is -0.351. The fourth-order valence-electron chi connectivity index (χ4n) is 1.73. The van der Waals surface area contributed by atoms with Gasteiger partial charge in [-0.2, -0.15) is 57.1 Å². The number of halogens is 13. The number of esters is 1. The summed E-state index contributed by atoms with van der Waals surface area (Å²) in [6.45, 7) is -0.0672. The van der Waals surface area contributed by atoms with Crippen molar-refractivity contribution in [3.8, 4) is 0 Å². The van der Waals surface area contributed by atoms with Crippen molar-refractivity contribution in [1.29, 1.82) is 0 Å². The van der Waals surface area contributed by atoms with Crippen LogP contribution in [0.15, 0.2) is 0 Å². The van der Waals surface area contributed by atoms with E-state index in [1.807, 2.05) is 0 Å². The van der Waals surface area contributed by atoms with Crippen LogP contribution in [0.25, 0.3) is 0 Å². The molecule has 15 heteroatoms. The van der Waals surface area contributed by atoms with E-state index in [0.717, 1.165) is 6.92 Å². The third kappa shape index (κ3) is 6.52. The average Bonchev–Trinajstić information content (AvgIpc) is 2.47. The maximum Gasteiger partial charge on any atom is 0.395 e. The summed E-state index contributed by atoms with van der Waals surface area (Å²) < 4.78 is 172. The van der Waals surface area contributed by atoms with E-state index in [1.165, 1.54) is 6.92 Å². The summed E-state index contributed by atoms with van der Waals surface area (Å²) in [5, 5.41) is 0. The molecule has 1 atom stereocenters. The van der Waals surface area contributed by atoms with E-state index in [-0.39, 0.29) is 6.42 Å². The highest BCUT2D eigenvalue weighted by Crippen LogP contribution is 2.54. The van der Waals surface area contributed by atoms with E-state index < -0.39 is 67.1 Å². The van der Waals surface area contributed by atoms with Gasteiger partial charge in [0.2, 0.25) is 0 Å². The first kappa shape index (κ1) is 27.6. The maximum atomic E-state index is 13.5. The summed E-state index contributed by atoms with van der Waals surface area (Å²) in [4.78, 5) is 11.2. The molecular formula is C14H15F13O2. The number of hydrogen-bond acceptors (Lipinski definition) is 2. The molecule has 0 heterocycles. The molecule has 0 fully saturated rings. The van der Waals surface area contributed by atoms with Gasteiger partial charge in [-0.05, 0) is 6.42 Å². The van der Waals surface area contributed by atoms with Crippen LogP contribution in [0.1, 0.15) is 33.1 Å². The minimum Gasteiger partial charge on any atom is -0.459 e. The van der Waals surface area contributed by atoms with E-state index in [2.05, 4.69) is 4.74 Å². The van der Waals surface area contributed by atoms with Crippen LogP contribution >= 0.6 is 0 Å². The van der Waals surface area contributed by atoms with Crippen molar-refractivity contribution in [2.75, 3.05) is 6.61 Å². The van der Waals surface area contributed by atoms with Gasteiger partial charge in [-0.25, -0.2) is 0 Å². The van der Waals surface area contributed by atoms with Gasteiger partial charge in [-0.15, -0.1) is 0 Å². The van der Waals surface area contributed by atoms with Crippen molar-refractivity contribution >= 4 is 5.97 Å². The van der Waals surface area contributed by atoms with Gasteiger partial charge in [0.25, 0.3) is 0 Å². The Morgan fingerprint density at radius 2 is 1.14 bits per heavy atom. The predicted molar refractivity (Wildman–Crippen MR) is 70.4 cm³/mol. The van der Waals surface area contributed by atoms with Crippen LogP contribution in [-0.4, -0.2) is 48.4 Å². The lowest BCUT2D eigenvalue weighted by atomic mass is 9.94. The third-order valence-corrected chi connectivity index (χ3v) is 3.73. The summed E-state index contributed by atoms with van der Waals surface area (Å²) in [5.74, 6) is -34.7. The standard InChI is InChI=1S/C14H15F13O2/c1-3-7(2)8(28)29-6-12(21,22)9(15,16)4-10(17,18)14(26,27)11(19,20)5-13(23,24)25/h7H,3-6H2,1-2H3. The normalized spacial score (nSPS) is 16.0. The Hall–Kier alpha value is -1.44. The molecule has 1 unspecified atom stereocenters. The van der Waals surface area contributed by atoms with Crippen molar-refractivity contribution in [2.45, 2.75) is 68.9 Å². The maximum absolute atomic E-state index is 13.5. The minimum atomic E-state index is -7.05. The molecule has 0 amide bonds. The fourth-order valence-corrected chi connectivity index (χ4v) is 1.73. The van der Waals surface area contributed by atoms with Gasteiger partial charge < -0.3 is 4.74 Å². The Bertz CT molecular complexity index is 568. The molecule has 0 rings (SSSR count). The molecule has 2 nitrogen and oxygen atoms in total. The highest BCUT2D eigenvalue weighted by molar-refractivity contribution is 5.71. The second-order valence-corrected chi connectivity index (χ2v) is 6.28. The van der Waals surface area contributed by atoms with E-state index >= 15 is 0 Å². The molecule has 0 aromatic heterocycles. The number of carbonyl (C=O) groups is 1. The lowest BCUT2D eigenvalue weighted by Crippen LogP contribution is -2.59. The molecule has 0 radical (unpaired) electrons. The van der Waals surface area contributed by atoms with Crippen LogP contribution in [0, 0.1) is 5.92 Å². The number of ether oxygens (including phenoxy) is 1. The summed E-state index contributed by atoms with van der Waals surface area (Å²) in [6.07, 6.45) is -13.8. The van der Waals surface area contributed by atoms with Gasteiger partial charge in [0.15, 0.2) is 6.61 Å². The first-order chi connectivity index (χ1) is 12.5. The van der Waals surface area contributed by atoms with Gasteiger partial charge in [0.05, 0.1) is 12.3 Å². The van der Waals surface area contributed by atoms with E-state index in [9.17, 15) is 61.9 Å². The van der Waals surface area contributed by atoms with Gasteiger partial charge in [0, 0.05) is 0 Å². The lowest BCUT2D eigenvalue weighted by Gasteiger charge is -2.36. The Labute approximate surface area is 155 Å². The SMILES string of the molecule is CCC(C)C(=O)OCC(F)(F)C(F)(F)CC(F)(F)C(F)(F)C(F)(F)CC(F)(F)F. The molecule has 0 aliphatic heterocycles. The van der Waals surface area contributed by atoms with Crippen molar-refractivity contribution in [2.24, 2.45) is 5.92 Å². The largest absolute Gasteiger partial charge is 0.459 e. The van der Waals surface area contributed by atoms with E-state index in [4.69, 9.17) is 0 Å². The summed E-state index contributed by atoms with van der Waals surface area (Å²) >= 11 is 0. The molecule has 0 N–H and O–H groups in total. The van der Waals surface area contributed by atoms with Crippen LogP contribution in [0.3, 0.4) is 0 Å². The van der Waals surface area contributed by atoms with Crippen molar-refractivity contribution in [3.63, 3.8) is 0 Å². The summed E-state index contributed by atoms with van der Waals surface area (Å²) in [5.41, 5.74) is 0. The number of alkyl halides is 13. The average molecular weight is 462 g/mol. The van der Waals surface area contributed by atoms with Crippen LogP contribution in [0.2, 0.25) is 0 Å². The topological polar surface area (TPSA) is 26.3 Å². The molecule has 0 spiro atoms. The molecule has 174 valence electrons. The Balaban J connectivity index is 5.57.